The van der Waals surface area contributed by atoms with Crippen LogP contribution in [0.4, 0.5) is 4.79 Å². The van der Waals surface area contributed by atoms with E-state index in [9.17, 15) is 4.79 Å². The van der Waals surface area contributed by atoms with Gasteiger partial charge < -0.3 is 15.4 Å². The van der Waals surface area contributed by atoms with Gasteiger partial charge in [-0.3, -0.25) is 0 Å². The van der Waals surface area contributed by atoms with Crippen LogP contribution in [-0.4, -0.2) is 30.3 Å². The largest absolute Gasteiger partial charge is 0.444 e. The van der Waals surface area contributed by atoms with E-state index in [-0.39, 0.29) is 6.09 Å². The summed E-state index contributed by atoms with van der Waals surface area (Å²) in [5.74, 6) is 0. The monoisotopic (exact) mass is 270 g/mol. The quantitative estimate of drug-likeness (QED) is 0.754. The van der Waals surface area contributed by atoms with Gasteiger partial charge in [0.1, 0.15) is 5.60 Å². The summed E-state index contributed by atoms with van der Waals surface area (Å²) in [6.07, 6.45) is 7.20. The fraction of sp³-hybridized carbons (Fsp3) is 0.933. The normalized spacial score (nSPS) is 18.9. The van der Waals surface area contributed by atoms with E-state index in [0.717, 1.165) is 13.0 Å². The molecule has 0 bridgehead atoms. The SMILES string of the molecule is CC1(NCCCNC(=O)OC(C)(C)C)CCCCC1. The van der Waals surface area contributed by atoms with Crippen molar-refractivity contribution in [3.05, 3.63) is 0 Å². The predicted molar refractivity (Wildman–Crippen MR) is 78.3 cm³/mol. The first-order valence-corrected chi connectivity index (χ1v) is 7.53. The molecule has 112 valence electrons. The van der Waals surface area contributed by atoms with Crippen molar-refractivity contribution >= 4 is 6.09 Å². The summed E-state index contributed by atoms with van der Waals surface area (Å²) >= 11 is 0. The van der Waals surface area contributed by atoms with E-state index >= 15 is 0 Å². The first-order chi connectivity index (χ1) is 8.81. The molecule has 0 aromatic carbocycles. The van der Waals surface area contributed by atoms with Crippen molar-refractivity contribution in [2.24, 2.45) is 0 Å². The number of carbonyl (C=O) groups excluding carboxylic acids is 1. The minimum Gasteiger partial charge on any atom is -0.444 e. The number of nitrogens with one attached hydrogen (secondary N) is 2. The van der Waals surface area contributed by atoms with Crippen LogP contribution in [-0.2, 0) is 4.74 Å². The fourth-order valence-electron chi connectivity index (χ4n) is 2.49. The predicted octanol–water partition coefficient (Wildman–Crippen LogP) is 3.21. The second-order valence-electron chi connectivity index (χ2n) is 6.83. The number of carbonyl (C=O) groups is 1. The van der Waals surface area contributed by atoms with Crippen molar-refractivity contribution in [3.8, 4) is 0 Å². The molecular formula is C15H30N2O2. The van der Waals surface area contributed by atoms with Gasteiger partial charge in [0.25, 0.3) is 0 Å². The third kappa shape index (κ3) is 7.41. The number of hydrogen-bond donors (Lipinski definition) is 2. The van der Waals surface area contributed by atoms with Gasteiger partial charge in [-0.05, 0) is 53.5 Å². The number of rotatable bonds is 5. The Hall–Kier alpha value is -0.770. The van der Waals surface area contributed by atoms with E-state index in [1.54, 1.807) is 0 Å². The lowest BCUT2D eigenvalue weighted by atomic mass is 9.83. The molecule has 1 fully saturated rings. The van der Waals surface area contributed by atoms with Crippen LogP contribution >= 0.6 is 0 Å². The number of hydrogen-bond acceptors (Lipinski definition) is 3. The second-order valence-corrected chi connectivity index (χ2v) is 6.83. The maximum absolute atomic E-state index is 11.4. The molecule has 0 saturated heterocycles. The highest BCUT2D eigenvalue weighted by atomic mass is 16.6. The lowest BCUT2D eigenvalue weighted by molar-refractivity contribution is 0.0527. The molecule has 1 rings (SSSR count). The minimum atomic E-state index is -0.419. The highest BCUT2D eigenvalue weighted by Crippen LogP contribution is 2.27. The first kappa shape index (κ1) is 16.3. The Kier molecular flexibility index (Phi) is 6.11. The smallest absolute Gasteiger partial charge is 0.407 e. The summed E-state index contributed by atoms with van der Waals surface area (Å²) in [5, 5.41) is 6.42. The average molecular weight is 270 g/mol. The average Bonchev–Trinajstić information content (AvgIpc) is 2.27. The van der Waals surface area contributed by atoms with Gasteiger partial charge in [-0.2, -0.15) is 0 Å². The number of alkyl carbamates (subject to hydrolysis) is 1. The molecule has 19 heavy (non-hydrogen) atoms. The molecule has 0 aromatic rings. The maximum Gasteiger partial charge on any atom is 0.407 e. The van der Waals surface area contributed by atoms with Crippen molar-refractivity contribution in [1.82, 2.24) is 10.6 Å². The Labute approximate surface area is 117 Å². The molecule has 4 nitrogen and oxygen atoms in total. The van der Waals surface area contributed by atoms with Gasteiger partial charge in [0.15, 0.2) is 0 Å². The Morgan fingerprint density at radius 2 is 1.79 bits per heavy atom. The molecule has 2 N–H and O–H groups in total. The lowest BCUT2D eigenvalue weighted by Gasteiger charge is -2.34. The second kappa shape index (κ2) is 7.13. The van der Waals surface area contributed by atoms with Crippen LogP contribution in [0.5, 0.6) is 0 Å². The molecule has 4 heteroatoms. The third-order valence-electron chi connectivity index (χ3n) is 3.53. The minimum absolute atomic E-state index is 0.310. The van der Waals surface area contributed by atoms with E-state index in [4.69, 9.17) is 4.74 Å². The fourth-order valence-corrected chi connectivity index (χ4v) is 2.49. The topological polar surface area (TPSA) is 50.4 Å². The third-order valence-corrected chi connectivity index (χ3v) is 3.53. The molecule has 1 saturated carbocycles. The molecule has 0 radical (unpaired) electrons. The van der Waals surface area contributed by atoms with Gasteiger partial charge in [-0.1, -0.05) is 19.3 Å². The zero-order chi connectivity index (χ0) is 14.4. The number of ether oxygens (including phenoxy) is 1. The molecule has 0 heterocycles. The molecule has 0 aromatic heterocycles. The molecule has 0 atom stereocenters. The van der Waals surface area contributed by atoms with Crippen molar-refractivity contribution in [2.45, 2.75) is 77.4 Å². The van der Waals surface area contributed by atoms with Gasteiger partial charge in [-0.25, -0.2) is 4.79 Å². The standard InChI is InChI=1S/C15H30N2O2/c1-14(2,3)19-13(18)16-11-8-12-17-15(4)9-6-5-7-10-15/h17H,5-12H2,1-4H3,(H,16,18). The van der Waals surface area contributed by atoms with Crippen LogP contribution in [0, 0.1) is 0 Å². The molecule has 1 aliphatic carbocycles. The summed E-state index contributed by atoms with van der Waals surface area (Å²) in [5.41, 5.74) is -0.109. The molecule has 1 amide bonds. The highest BCUT2D eigenvalue weighted by molar-refractivity contribution is 5.67. The summed E-state index contributed by atoms with van der Waals surface area (Å²) in [4.78, 5) is 11.4. The van der Waals surface area contributed by atoms with Crippen molar-refractivity contribution in [3.63, 3.8) is 0 Å². The molecule has 1 aliphatic rings. The van der Waals surface area contributed by atoms with E-state index in [0.29, 0.717) is 12.1 Å². The van der Waals surface area contributed by atoms with Crippen LogP contribution in [0.1, 0.15) is 66.2 Å². The van der Waals surface area contributed by atoms with Crippen LogP contribution in [0.3, 0.4) is 0 Å². The molecule has 0 unspecified atom stereocenters. The lowest BCUT2D eigenvalue weighted by Crippen LogP contribution is -2.45. The van der Waals surface area contributed by atoms with E-state index in [2.05, 4.69) is 17.6 Å². The maximum atomic E-state index is 11.4. The molecule has 0 spiro atoms. The van der Waals surface area contributed by atoms with Crippen LogP contribution in [0.2, 0.25) is 0 Å². The highest BCUT2D eigenvalue weighted by Gasteiger charge is 2.25. The van der Waals surface area contributed by atoms with Gasteiger partial charge in [-0.15, -0.1) is 0 Å². The van der Waals surface area contributed by atoms with E-state index in [1.807, 2.05) is 20.8 Å². The van der Waals surface area contributed by atoms with Gasteiger partial charge in [0.2, 0.25) is 0 Å². The number of amides is 1. The molecular weight excluding hydrogens is 240 g/mol. The Morgan fingerprint density at radius 1 is 1.16 bits per heavy atom. The van der Waals surface area contributed by atoms with E-state index < -0.39 is 5.60 Å². The summed E-state index contributed by atoms with van der Waals surface area (Å²) in [6.45, 7) is 9.55. The van der Waals surface area contributed by atoms with Crippen molar-refractivity contribution < 1.29 is 9.53 Å². The molecule has 0 aliphatic heterocycles. The van der Waals surface area contributed by atoms with Crippen LogP contribution in [0.25, 0.3) is 0 Å². The van der Waals surface area contributed by atoms with Crippen LogP contribution in [0.15, 0.2) is 0 Å². The Bertz CT molecular complexity index is 278. The summed E-state index contributed by atoms with van der Waals surface area (Å²) in [7, 11) is 0. The van der Waals surface area contributed by atoms with Gasteiger partial charge >= 0.3 is 6.09 Å². The van der Waals surface area contributed by atoms with Crippen molar-refractivity contribution in [2.75, 3.05) is 13.1 Å². The zero-order valence-corrected chi connectivity index (χ0v) is 13.0. The Balaban J connectivity index is 2.06. The van der Waals surface area contributed by atoms with Crippen molar-refractivity contribution in [1.29, 1.82) is 0 Å². The van der Waals surface area contributed by atoms with Crippen LogP contribution < -0.4 is 10.6 Å². The van der Waals surface area contributed by atoms with Gasteiger partial charge in [0.05, 0.1) is 0 Å². The first-order valence-electron chi connectivity index (χ1n) is 7.53. The summed E-state index contributed by atoms with van der Waals surface area (Å²) in [6, 6.07) is 0. The zero-order valence-electron chi connectivity index (χ0n) is 13.0. The summed E-state index contributed by atoms with van der Waals surface area (Å²) < 4.78 is 5.18. The van der Waals surface area contributed by atoms with E-state index in [1.165, 1.54) is 32.1 Å². The van der Waals surface area contributed by atoms with Gasteiger partial charge in [0, 0.05) is 12.1 Å². The Morgan fingerprint density at radius 3 is 2.37 bits per heavy atom.